The van der Waals surface area contributed by atoms with Crippen molar-refractivity contribution in [2.24, 2.45) is 0 Å². The molecule has 1 aliphatic rings. The lowest BCUT2D eigenvalue weighted by Gasteiger charge is -2.15. The van der Waals surface area contributed by atoms with E-state index in [1.807, 2.05) is 0 Å². The summed E-state index contributed by atoms with van der Waals surface area (Å²) in [6.45, 7) is 3.38. The molecule has 0 amide bonds. The Morgan fingerprint density at radius 1 is 1.68 bits per heavy atom. The molecular formula is C11H12BrClN2O4. The third-order valence-electron chi connectivity index (χ3n) is 2.91. The van der Waals surface area contributed by atoms with Gasteiger partial charge in [0, 0.05) is 17.1 Å². The van der Waals surface area contributed by atoms with Gasteiger partial charge < -0.3 is 9.84 Å². The zero-order valence-electron chi connectivity index (χ0n) is 9.81. The quantitative estimate of drug-likeness (QED) is 0.789. The molecule has 104 valence electrons. The van der Waals surface area contributed by atoms with Gasteiger partial charge in [-0.1, -0.05) is 22.5 Å². The normalized spacial score (nSPS) is 26.6. The summed E-state index contributed by atoms with van der Waals surface area (Å²) in [7, 11) is 0. The molecule has 1 unspecified atom stereocenters. The van der Waals surface area contributed by atoms with Gasteiger partial charge in [-0.15, -0.1) is 11.6 Å². The van der Waals surface area contributed by atoms with E-state index in [-0.39, 0.29) is 17.5 Å². The molecule has 2 rings (SSSR count). The second-order valence-corrected chi connectivity index (χ2v) is 5.70. The van der Waals surface area contributed by atoms with E-state index in [1.165, 1.54) is 10.8 Å². The van der Waals surface area contributed by atoms with Crippen molar-refractivity contribution in [2.75, 3.05) is 6.61 Å². The minimum atomic E-state index is -0.616. The van der Waals surface area contributed by atoms with Gasteiger partial charge >= 0.3 is 5.69 Å². The van der Waals surface area contributed by atoms with Gasteiger partial charge in [0.25, 0.3) is 5.56 Å². The molecule has 6 nitrogen and oxygen atoms in total. The zero-order valence-corrected chi connectivity index (χ0v) is 12.1. The first kappa shape index (κ1) is 14.5. The molecule has 0 radical (unpaired) electrons. The van der Waals surface area contributed by atoms with Gasteiger partial charge in [-0.2, -0.15) is 0 Å². The highest BCUT2D eigenvalue weighted by atomic mass is 79.9. The van der Waals surface area contributed by atoms with E-state index in [0.29, 0.717) is 10.9 Å². The van der Waals surface area contributed by atoms with Crippen LogP contribution in [0.15, 0.2) is 22.4 Å². The van der Waals surface area contributed by atoms with E-state index in [1.54, 1.807) is 0 Å². The number of aliphatic hydroxyl groups excluding tert-OH is 1. The number of hydrogen-bond acceptors (Lipinski definition) is 4. The Hall–Kier alpha value is -0.890. The van der Waals surface area contributed by atoms with Crippen LogP contribution in [0.25, 0.3) is 4.48 Å². The maximum Gasteiger partial charge on any atom is 0.330 e. The van der Waals surface area contributed by atoms with E-state index in [0.717, 1.165) is 0 Å². The highest BCUT2D eigenvalue weighted by Gasteiger charge is 2.35. The number of hydrogen-bond donors (Lipinski definition) is 2. The summed E-state index contributed by atoms with van der Waals surface area (Å²) in [5.74, 6) is 0. The van der Waals surface area contributed by atoms with Crippen LogP contribution in [0, 0.1) is 0 Å². The molecule has 1 saturated heterocycles. The minimum absolute atomic E-state index is 0.221. The second kappa shape index (κ2) is 5.62. The summed E-state index contributed by atoms with van der Waals surface area (Å²) >= 11 is 9.11. The number of nitrogens with one attached hydrogen (secondary N) is 1. The standard InChI is InChI=1S/C11H12BrClN2O4/c1-5(12)6-3-15(11(18)14-10(6)17)9-2-7(13)8(4-16)19-9/h3,7-9,16H,1-2,4H2,(H,14,17,18)/t7?,8-,9-/m1/s1. The monoisotopic (exact) mass is 350 g/mol. The van der Waals surface area contributed by atoms with Crippen LogP contribution in [0.3, 0.4) is 0 Å². The van der Waals surface area contributed by atoms with Crippen molar-refractivity contribution in [2.45, 2.75) is 24.1 Å². The Bertz CT molecular complexity index is 611. The lowest BCUT2D eigenvalue weighted by atomic mass is 10.2. The maximum atomic E-state index is 11.8. The molecular weight excluding hydrogens is 339 g/mol. The van der Waals surface area contributed by atoms with Gasteiger partial charge in [0.2, 0.25) is 0 Å². The average Bonchev–Trinajstić information content (AvgIpc) is 2.69. The molecule has 1 fully saturated rings. The van der Waals surface area contributed by atoms with Crippen molar-refractivity contribution in [3.05, 3.63) is 39.2 Å². The number of aliphatic hydroxyl groups is 1. The largest absolute Gasteiger partial charge is 0.394 e. The van der Waals surface area contributed by atoms with Crippen LogP contribution in [-0.4, -0.2) is 32.7 Å². The predicted octanol–water partition coefficient (Wildman–Crippen LogP) is 0.789. The minimum Gasteiger partial charge on any atom is -0.394 e. The summed E-state index contributed by atoms with van der Waals surface area (Å²) in [4.78, 5) is 25.5. The number of ether oxygens (including phenoxy) is 1. The molecule has 0 aliphatic carbocycles. The predicted molar refractivity (Wildman–Crippen MR) is 74.5 cm³/mol. The van der Waals surface area contributed by atoms with E-state index in [4.69, 9.17) is 21.4 Å². The number of alkyl halides is 1. The number of aromatic nitrogens is 2. The van der Waals surface area contributed by atoms with E-state index in [9.17, 15) is 9.59 Å². The van der Waals surface area contributed by atoms with Crippen LogP contribution in [-0.2, 0) is 4.74 Å². The summed E-state index contributed by atoms with van der Waals surface area (Å²) in [5.41, 5.74) is -0.876. The second-order valence-electron chi connectivity index (χ2n) is 4.18. The maximum absolute atomic E-state index is 11.8. The van der Waals surface area contributed by atoms with Gasteiger partial charge in [0.1, 0.15) is 6.23 Å². The topological polar surface area (TPSA) is 84.3 Å². The number of aromatic amines is 1. The van der Waals surface area contributed by atoms with Gasteiger partial charge in [0.15, 0.2) is 0 Å². The average molecular weight is 352 g/mol. The summed E-state index contributed by atoms with van der Waals surface area (Å²) in [6, 6.07) is 0. The molecule has 1 aromatic rings. The first-order valence-corrected chi connectivity index (χ1v) is 6.77. The van der Waals surface area contributed by atoms with Crippen molar-refractivity contribution in [1.29, 1.82) is 0 Å². The number of rotatable bonds is 3. The van der Waals surface area contributed by atoms with Crippen LogP contribution in [0.4, 0.5) is 0 Å². The summed E-state index contributed by atoms with van der Waals surface area (Å²) < 4.78 is 7.09. The van der Waals surface area contributed by atoms with Crippen molar-refractivity contribution < 1.29 is 9.84 Å². The number of nitrogens with zero attached hydrogens (tertiary/aromatic N) is 1. The Labute approximate surface area is 121 Å². The highest BCUT2D eigenvalue weighted by molar-refractivity contribution is 9.15. The number of halogens is 2. The third kappa shape index (κ3) is 2.84. The molecule has 2 heterocycles. The highest BCUT2D eigenvalue weighted by Crippen LogP contribution is 2.31. The van der Waals surface area contributed by atoms with Crippen molar-refractivity contribution in [3.8, 4) is 0 Å². The van der Waals surface area contributed by atoms with Crippen molar-refractivity contribution in [3.63, 3.8) is 0 Å². The first-order valence-electron chi connectivity index (χ1n) is 5.54. The van der Waals surface area contributed by atoms with E-state index in [2.05, 4.69) is 27.5 Å². The summed E-state index contributed by atoms with van der Waals surface area (Å²) in [5, 5.41) is 8.70. The van der Waals surface area contributed by atoms with Gasteiger partial charge in [0.05, 0.1) is 23.7 Å². The molecule has 1 aromatic heterocycles. The number of H-pyrrole nitrogens is 1. The fraction of sp³-hybridized carbons (Fsp3) is 0.455. The first-order chi connectivity index (χ1) is 8.93. The van der Waals surface area contributed by atoms with Crippen molar-refractivity contribution >= 4 is 32.0 Å². The summed E-state index contributed by atoms with van der Waals surface area (Å²) in [6.07, 6.45) is 0.592. The van der Waals surface area contributed by atoms with Crippen LogP contribution < -0.4 is 11.2 Å². The van der Waals surface area contributed by atoms with Crippen LogP contribution >= 0.6 is 27.5 Å². The lowest BCUT2D eigenvalue weighted by molar-refractivity contribution is -0.0241. The Morgan fingerprint density at radius 2 is 2.37 bits per heavy atom. The van der Waals surface area contributed by atoms with Gasteiger partial charge in [-0.05, 0) is 0 Å². The Morgan fingerprint density at radius 3 is 2.89 bits per heavy atom. The zero-order chi connectivity index (χ0) is 14.2. The molecule has 2 N–H and O–H groups in total. The van der Waals surface area contributed by atoms with Gasteiger partial charge in [-0.3, -0.25) is 14.3 Å². The molecule has 19 heavy (non-hydrogen) atoms. The van der Waals surface area contributed by atoms with Crippen LogP contribution in [0.5, 0.6) is 0 Å². The molecule has 3 atom stereocenters. The fourth-order valence-corrected chi connectivity index (χ4v) is 2.49. The van der Waals surface area contributed by atoms with E-state index < -0.39 is 23.6 Å². The third-order valence-corrected chi connectivity index (χ3v) is 3.80. The fourth-order valence-electron chi connectivity index (χ4n) is 1.92. The van der Waals surface area contributed by atoms with E-state index >= 15 is 0 Å². The Kier molecular flexibility index (Phi) is 4.29. The molecule has 0 bridgehead atoms. The molecule has 1 aliphatic heterocycles. The van der Waals surface area contributed by atoms with Crippen molar-refractivity contribution in [1.82, 2.24) is 9.55 Å². The SMILES string of the molecule is C=C(Br)c1cn([C@H]2CC(Cl)[C@@H](CO)O2)c(=O)[nH]c1=O. The van der Waals surface area contributed by atoms with Crippen LogP contribution in [0.1, 0.15) is 18.2 Å². The molecule has 0 saturated carbocycles. The van der Waals surface area contributed by atoms with Crippen LogP contribution in [0.2, 0.25) is 0 Å². The smallest absolute Gasteiger partial charge is 0.330 e. The van der Waals surface area contributed by atoms with Gasteiger partial charge in [-0.25, -0.2) is 4.79 Å². The molecule has 8 heteroatoms. The molecule has 0 spiro atoms. The lowest BCUT2D eigenvalue weighted by Crippen LogP contribution is -2.33. The Balaban J connectivity index is 2.41. The molecule has 0 aromatic carbocycles.